The summed E-state index contributed by atoms with van der Waals surface area (Å²) in [6.45, 7) is 4.48. The van der Waals surface area contributed by atoms with Crippen LogP contribution in [-0.4, -0.2) is 20.4 Å². The van der Waals surface area contributed by atoms with Gasteiger partial charge in [0, 0.05) is 18.5 Å². The summed E-state index contributed by atoms with van der Waals surface area (Å²) >= 11 is 1.48. The molecular formula is C25H25FN4OS. The van der Waals surface area contributed by atoms with Crippen LogP contribution >= 0.6 is 11.8 Å². The number of halogens is 1. The first kappa shape index (κ1) is 22.0. The van der Waals surface area contributed by atoms with Crippen LogP contribution in [0.3, 0.4) is 0 Å². The van der Waals surface area contributed by atoms with Crippen molar-refractivity contribution in [3.05, 3.63) is 89.4 Å². The van der Waals surface area contributed by atoms with E-state index >= 15 is 0 Å². The number of thioether (sulfide) groups is 1. The zero-order chi connectivity index (χ0) is 22.5. The van der Waals surface area contributed by atoms with Crippen LogP contribution in [-0.2, 0) is 17.1 Å². The molecule has 1 N–H and O–H groups in total. The molecule has 0 aliphatic rings. The summed E-state index contributed by atoms with van der Waals surface area (Å²) in [5.74, 6) is 0.202. The Kier molecular flexibility index (Phi) is 6.85. The molecule has 4 aromatic rings. The van der Waals surface area contributed by atoms with Crippen LogP contribution in [0.2, 0.25) is 0 Å². The number of carbonyl (C=O) groups excluding carboxylic acids is 1. The molecule has 0 aliphatic heterocycles. The fourth-order valence-corrected chi connectivity index (χ4v) is 4.56. The highest BCUT2D eigenvalue weighted by Gasteiger charge is 2.25. The number of pyridine rings is 1. The lowest BCUT2D eigenvalue weighted by molar-refractivity contribution is -0.124. The van der Waals surface area contributed by atoms with Crippen LogP contribution in [0.15, 0.2) is 72.0 Å². The molecule has 4 rings (SSSR count). The van der Waals surface area contributed by atoms with Crippen molar-refractivity contribution < 1.29 is 9.18 Å². The molecular weight excluding hydrogens is 423 g/mol. The first-order chi connectivity index (χ1) is 15.5. The Morgan fingerprint density at radius 1 is 1.12 bits per heavy atom. The Morgan fingerprint density at radius 3 is 2.69 bits per heavy atom. The summed E-state index contributed by atoms with van der Waals surface area (Å²) < 4.78 is 15.5. The predicted molar refractivity (Wildman–Crippen MR) is 126 cm³/mol. The second-order valence-electron chi connectivity index (χ2n) is 7.66. The fourth-order valence-electron chi connectivity index (χ4n) is 3.56. The van der Waals surface area contributed by atoms with Gasteiger partial charge in [-0.1, -0.05) is 60.6 Å². The quantitative estimate of drug-likeness (QED) is 0.365. The van der Waals surface area contributed by atoms with E-state index in [0.717, 1.165) is 16.6 Å². The highest BCUT2D eigenvalue weighted by atomic mass is 32.2. The lowest BCUT2D eigenvalue weighted by atomic mass is 10.1. The Labute approximate surface area is 191 Å². The smallest absolute Gasteiger partial charge is 0.243 e. The molecule has 2 heterocycles. The van der Waals surface area contributed by atoms with Gasteiger partial charge < -0.3 is 5.32 Å². The zero-order valence-electron chi connectivity index (χ0n) is 18.1. The molecule has 0 unspecified atom stereocenters. The minimum Gasteiger partial charge on any atom is -0.350 e. The van der Waals surface area contributed by atoms with Gasteiger partial charge in [0.25, 0.3) is 0 Å². The molecule has 1 amide bonds. The van der Waals surface area contributed by atoms with E-state index in [9.17, 15) is 9.18 Å². The molecule has 5 nitrogen and oxygen atoms in total. The van der Waals surface area contributed by atoms with Gasteiger partial charge in [-0.2, -0.15) is 0 Å². The number of nitrogens with one attached hydrogen (secondary N) is 1. The number of amides is 1. The highest BCUT2D eigenvalue weighted by Crippen LogP contribution is 2.30. The van der Waals surface area contributed by atoms with Gasteiger partial charge >= 0.3 is 0 Å². The summed E-state index contributed by atoms with van der Waals surface area (Å²) in [6, 6.07) is 17.9. The van der Waals surface area contributed by atoms with E-state index in [1.165, 1.54) is 29.5 Å². The lowest BCUT2D eigenvalue weighted by Crippen LogP contribution is -2.32. The second-order valence-corrected chi connectivity index (χ2v) is 8.60. The van der Waals surface area contributed by atoms with Crippen molar-refractivity contribution in [3.8, 4) is 0 Å². The molecule has 164 valence electrons. The van der Waals surface area contributed by atoms with Crippen molar-refractivity contribution in [2.45, 2.75) is 43.8 Å². The number of nitrogens with zero attached hydrogens (tertiary/aromatic N) is 3. The van der Waals surface area contributed by atoms with Crippen molar-refractivity contribution in [3.63, 3.8) is 0 Å². The summed E-state index contributed by atoms with van der Waals surface area (Å²) in [7, 11) is 0. The van der Waals surface area contributed by atoms with Gasteiger partial charge in [0.1, 0.15) is 17.4 Å². The molecule has 1 atom stereocenters. The third kappa shape index (κ3) is 4.99. The van der Waals surface area contributed by atoms with Crippen LogP contribution in [0, 0.1) is 12.7 Å². The summed E-state index contributed by atoms with van der Waals surface area (Å²) in [5.41, 5.74) is 4.50. The van der Waals surface area contributed by atoms with Crippen LogP contribution in [0.1, 0.15) is 36.1 Å². The topological polar surface area (TPSA) is 59.8 Å². The number of hydrogen-bond donors (Lipinski definition) is 1. The minimum atomic E-state index is -0.449. The maximum atomic E-state index is 13.6. The number of rotatable bonds is 8. The van der Waals surface area contributed by atoms with Crippen LogP contribution in [0.4, 0.5) is 4.39 Å². The Bertz CT molecular complexity index is 1220. The molecule has 2 aromatic heterocycles. The van der Waals surface area contributed by atoms with E-state index in [0.29, 0.717) is 29.5 Å². The number of benzene rings is 2. The van der Waals surface area contributed by atoms with Crippen molar-refractivity contribution in [1.29, 1.82) is 0 Å². The maximum absolute atomic E-state index is 13.6. The molecule has 7 heteroatoms. The summed E-state index contributed by atoms with van der Waals surface area (Å²) in [5, 5.41) is 3.75. The molecule has 0 radical (unpaired) electrons. The predicted octanol–water partition coefficient (Wildman–Crippen LogP) is 5.44. The van der Waals surface area contributed by atoms with Gasteiger partial charge in [0.05, 0.1) is 0 Å². The highest BCUT2D eigenvalue weighted by molar-refractivity contribution is 7.98. The van der Waals surface area contributed by atoms with Crippen molar-refractivity contribution in [2.24, 2.45) is 0 Å². The Hall–Kier alpha value is -3.19. The number of aromatic nitrogens is 3. The van der Waals surface area contributed by atoms with Gasteiger partial charge in [0.2, 0.25) is 5.91 Å². The monoisotopic (exact) mass is 448 g/mol. The summed E-state index contributed by atoms with van der Waals surface area (Å²) in [4.78, 5) is 22.4. The van der Waals surface area contributed by atoms with E-state index in [2.05, 4.69) is 10.3 Å². The van der Waals surface area contributed by atoms with E-state index in [4.69, 9.17) is 4.98 Å². The molecule has 32 heavy (non-hydrogen) atoms. The van der Waals surface area contributed by atoms with Gasteiger partial charge in [-0.3, -0.25) is 9.36 Å². The van der Waals surface area contributed by atoms with E-state index in [1.807, 2.05) is 60.9 Å². The van der Waals surface area contributed by atoms with Crippen molar-refractivity contribution in [2.75, 3.05) is 0 Å². The van der Waals surface area contributed by atoms with E-state index in [-0.39, 0.29) is 11.7 Å². The third-order valence-electron chi connectivity index (χ3n) is 5.26. The van der Waals surface area contributed by atoms with Crippen molar-refractivity contribution >= 4 is 28.8 Å². The van der Waals surface area contributed by atoms with Crippen LogP contribution in [0.5, 0.6) is 0 Å². The van der Waals surface area contributed by atoms with Gasteiger partial charge in [-0.25, -0.2) is 14.4 Å². The minimum absolute atomic E-state index is 0.0781. The third-order valence-corrected chi connectivity index (χ3v) is 6.29. The molecule has 0 spiro atoms. The molecule has 2 aromatic carbocycles. The number of carbonyl (C=O) groups is 1. The largest absolute Gasteiger partial charge is 0.350 e. The second kappa shape index (κ2) is 9.96. The maximum Gasteiger partial charge on any atom is 0.243 e. The Balaban J connectivity index is 1.59. The number of fused-ring (bicyclic) bond motifs is 1. The van der Waals surface area contributed by atoms with Gasteiger partial charge in [0.15, 0.2) is 10.8 Å². The van der Waals surface area contributed by atoms with Gasteiger partial charge in [-0.15, -0.1) is 0 Å². The molecule has 0 bridgehead atoms. The molecule has 0 saturated heterocycles. The average molecular weight is 449 g/mol. The zero-order valence-corrected chi connectivity index (χ0v) is 18.9. The first-order valence-corrected chi connectivity index (χ1v) is 11.6. The van der Waals surface area contributed by atoms with Crippen LogP contribution in [0.25, 0.3) is 11.2 Å². The molecule has 0 saturated carbocycles. The summed E-state index contributed by atoms with van der Waals surface area (Å²) in [6.07, 6.45) is 2.30. The van der Waals surface area contributed by atoms with Crippen LogP contribution < -0.4 is 5.32 Å². The van der Waals surface area contributed by atoms with E-state index < -0.39 is 6.04 Å². The normalized spacial score (nSPS) is 12.1. The average Bonchev–Trinajstić information content (AvgIpc) is 3.16. The van der Waals surface area contributed by atoms with Crippen molar-refractivity contribution in [1.82, 2.24) is 19.9 Å². The Morgan fingerprint density at radius 2 is 1.94 bits per heavy atom. The van der Waals surface area contributed by atoms with Gasteiger partial charge in [-0.05, 0) is 48.7 Å². The molecule has 0 aliphatic carbocycles. The number of hydrogen-bond acceptors (Lipinski definition) is 4. The lowest BCUT2D eigenvalue weighted by Gasteiger charge is -2.19. The molecule has 0 fully saturated rings. The SMILES string of the molecule is CC[C@@H](C(=O)NCc1ccc(C)cc1)n1c(SCc2cccc(F)c2)nc2cccnc21. The number of aryl methyl sites for hydroxylation is 1. The first-order valence-electron chi connectivity index (χ1n) is 10.6. The number of imidazole rings is 1. The fraction of sp³-hybridized carbons (Fsp3) is 0.240. The standard InChI is InChI=1S/C25H25FN4OS/c1-3-22(24(31)28-15-18-11-9-17(2)10-12-18)30-23-21(8-5-13-27-23)29-25(30)32-16-19-6-4-7-20(26)14-19/h4-14,22H,3,15-16H2,1-2H3,(H,28,31)/t22-/m0/s1. The van der Waals surface area contributed by atoms with E-state index in [1.54, 1.807) is 12.3 Å².